The molecule has 0 N–H and O–H groups in total. The van der Waals surface area contributed by atoms with Crippen molar-refractivity contribution in [2.75, 3.05) is 0 Å². The summed E-state index contributed by atoms with van der Waals surface area (Å²) in [5, 5.41) is 4.78. The summed E-state index contributed by atoms with van der Waals surface area (Å²) in [4.78, 5) is 18.7. The molecule has 1 fully saturated rings. The van der Waals surface area contributed by atoms with Crippen LogP contribution >= 0.6 is 0 Å². The number of halogens is 3. The lowest BCUT2D eigenvalue weighted by molar-refractivity contribution is -0.0658. The van der Waals surface area contributed by atoms with Gasteiger partial charge < -0.3 is 0 Å². The number of pyridine rings is 1. The number of hydrogen-bond donors (Lipinski definition) is 0. The van der Waals surface area contributed by atoms with Crippen molar-refractivity contribution < 1.29 is 22.2 Å². The van der Waals surface area contributed by atoms with E-state index in [1.807, 2.05) is 24.2 Å². The highest BCUT2D eigenvalue weighted by molar-refractivity contribution is 7.82. The highest BCUT2D eigenvalue weighted by Gasteiger charge is 2.55. The zero-order chi connectivity index (χ0) is 29.6. The van der Waals surface area contributed by atoms with E-state index in [1.54, 1.807) is 24.0 Å². The van der Waals surface area contributed by atoms with Crippen LogP contribution in [0.5, 0.6) is 0 Å². The van der Waals surface area contributed by atoms with Crippen LogP contribution in [-0.2, 0) is 30.5 Å². The summed E-state index contributed by atoms with van der Waals surface area (Å²) in [6.07, 6.45) is 6.34. The van der Waals surface area contributed by atoms with E-state index in [9.17, 15) is 13.4 Å². The molecule has 1 spiro atoms. The predicted molar refractivity (Wildman–Crippen MR) is 150 cm³/mol. The molecule has 218 valence electrons. The molecule has 8 nitrogen and oxygen atoms in total. The predicted octanol–water partition coefficient (Wildman–Crippen LogP) is 5.25. The van der Waals surface area contributed by atoms with E-state index < -0.39 is 28.3 Å². The molecule has 4 bridgehead atoms. The average molecular weight is 595 g/mol. The number of ketones is 1. The summed E-state index contributed by atoms with van der Waals surface area (Å²) in [5.74, 6) is -0.775. The van der Waals surface area contributed by atoms with Gasteiger partial charge in [-0.3, -0.25) is 14.5 Å². The molecule has 3 aromatic heterocycles. The zero-order valence-electron chi connectivity index (χ0n) is 23.3. The first kappa shape index (κ1) is 27.1. The number of benzene rings is 1. The van der Waals surface area contributed by atoms with Gasteiger partial charge in [-0.1, -0.05) is 5.57 Å². The van der Waals surface area contributed by atoms with Gasteiger partial charge in [-0.2, -0.15) is 13.9 Å². The minimum Gasteiger partial charge on any atom is -0.291 e. The van der Waals surface area contributed by atoms with Gasteiger partial charge in [0.25, 0.3) is 0 Å². The van der Waals surface area contributed by atoms with Crippen molar-refractivity contribution in [1.82, 2.24) is 28.4 Å². The van der Waals surface area contributed by atoms with Crippen LogP contribution in [0.3, 0.4) is 0 Å². The number of nitrogens with zero attached hydrogens (tertiary/aromatic N) is 6. The average Bonchev–Trinajstić information content (AvgIpc) is 3.40. The molecule has 4 aromatic rings. The van der Waals surface area contributed by atoms with Crippen LogP contribution in [0.1, 0.15) is 60.5 Å². The molecule has 0 saturated heterocycles. The lowest BCUT2D eigenvalue weighted by Crippen LogP contribution is -2.53. The summed E-state index contributed by atoms with van der Waals surface area (Å²) < 4.78 is 66.0. The molecule has 2 aliphatic carbocycles. The van der Waals surface area contributed by atoms with Crippen LogP contribution in [0.25, 0.3) is 11.8 Å². The van der Waals surface area contributed by atoms with E-state index in [0.29, 0.717) is 41.4 Å². The van der Waals surface area contributed by atoms with Crippen molar-refractivity contribution in [3.63, 3.8) is 0 Å². The van der Waals surface area contributed by atoms with Crippen LogP contribution in [0.15, 0.2) is 65.5 Å². The second kappa shape index (κ2) is 9.37. The minimum absolute atomic E-state index is 0.0134. The highest BCUT2D eigenvalue weighted by Crippen LogP contribution is 2.54. The van der Waals surface area contributed by atoms with Crippen molar-refractivity contribution in [2.24, 2.45) is 12.5 Å². The monoisotopic (exact) mass is 594 g/mol. The number of alkyl halides is 2. The fourth-order valence-corrected chi connectivity index (χ4v) is 8.31. The number of fused-ring (bicyclic) bond motifs is 2. The lowest BCUT2D eigenvalue weighted by atomic mass is 9.60. The Labute approximate surface area is 243 Å². The number of aromatic nitrogens is 5. The van der Waals surface area contributed by atoms with Gasteiger partial charge in [-0.15, -0.1) is 0 Å². The van der Waals surface area contributed by atoms with E-state index in [2.05, 4.69) is 10.1 Å². The first-order chi connectivity index (χ1) is 20.0. The maximum absolute atomic E-state index is 16.3. The molecule has 0 radical (unpaired) electrons. The maximum Gasteiger partial charge on any atom is 0.369 e. The van der Waals surface area contributed by atoms with Crippen molar-refractivity contribution in [2.45, 2.75) is 62.7 Å². The van der Waals surface area contributed by atoms with Crippen LogP contribution in [0.4, 0.5) is 13.2 Å². The Bertz CT molecular complexity index is 1790. The molecule has 12 heteroatoms. The van der Waals surface area contributed by atoms with Crippen molar-refractivity contribution in [3.8, 4) is 5.69 Å². The number of allylic oxidation sites excluding steroid dienone is 1. The molecular formula is C30H29F3N6O2S. The minimum atomic E-state index is -3.50. The number of carbonyl (C=O) groups is 1. The molecule has 1 saturated carbocycles. The van der Waals surface area contributed by atoms with Gasteiger partial charge in [-0.05, 0) is 81.7 Å². The molecule has 1 aliphatic heterocycles. The SMILES string of the molecule is CC(C)N(C1CCC2=Cc3c4n(n3-c3ccc(F)cc3)C(F)(F)c3ccnc(c3)C(=O)C2(C4)C1)S(=O)c1ccn(C)n1. The Kier molecular flexibility index (Phi) is 6.04. The van der Waals surface area contributed by atoms with E-state index >= 15 is 8.78 Å². The number of carbonyl (C=O) groups excluding carboxylic acids is 1. The van der Waals surface area contributed by atoms with Gasteiger partial charge in [-0.25, -0.2) is 22.3 Å². The summed E-state index contributed by atoms with van der Waals surface area (Å²) in [7, 11) is 0.175. The largest absolute Gasteiger partial charge is 0.369 e. The summed E-state index contributed by atoms with van der Waals surface area (Å²) in [6.45, 7) is 3.91. The van der Waals surface area contributed by atoms with Crippen LogP contribution in [-0.4, -0.2) is 50.5 Å². The molecule has 4 heterocycles. The molecule has 0 amide bonds. The van der Waals surface area contributed by atoms with Crippen LogP contribution in [0, 0.1) is 11.2 Å². The van der Waals surface area contributed by atoms with E-state index in [-0.39, 0.29) is 35.5 Å². The Hall–Kier alpha value is -3.77. The molecule has 3 atom stereocenters. The molecule has 7 rings (SSSR count). The van der Waals surface area contributed by atoms with Gasteiger partial charge in [0, 0.05) is 43.5 Å². The number of Topliss-reactive ketones (excluding diaryl/α,β-unsaturated/α-hetero) is 1. The lowest BCUT2D eigenvalue weighted by Gasteiger charge is -2.49. The Morgan fingerprint density at radius 2 is 1.90 bits per heavy atom. The van der Waals surface area contributed by atoms with Gasteiger partial charge in [0.05, 0.1) is 22.5 Å². The second-order valence-electron chi connectivity index (χ2n) is 11.6. The van der Waals surface area contributed by atoms with Crippen molar-refractivity contribution >= 4 is 22.8 Å². The molecule has 42 heavy (non-hydrogen) atoms. The standard InChI is InChI=1S/C30H29F3N6O2S/c1-18(2)38(42(41)27-11-13-36(3)35-27)23-7-4-19-15-25-26-17-29(19,16-23)28(40)24-14-20(10-12-34-24)30(32,33)39(26)37(25)22-8-5-21(31)6-9-22/h5-6,8-15,18,23H,4,7,16-17H2,1-3H3. The second-order valence-corrected chi connectivity index (χ2v) is 12.9. The number of aryl methyl sites for hydroxylation is 1. The van der Waals surface area contributed by atoms with E-state index in [4.69, 9.17) is 0 Å². The topological polar surface area (TPSA) is 78.0 Å². The van der Waals surface area contributed by atoms with Crippen LogP contribution in [0.2, 0.25) is 0 Å². The molecule has 1 aromatic carbocycles. The van der Waals surface area contributed by atoms with Gasteiger partial charge in [0.15, 0.2) is 10.8 Å². The Morgan fingerprint density at radius 1 is 1.14 bits per heavy atom. The van der Waals surface area contributed by atoms with E-state index in [1.165, 1.54) is 47.3 Å². The third-order valence-electron chi connectivity index (χ3n) is 8.75. The summed E-state index contributed by atoms with van der Waals surface area (Å²) in [5.41, 5.74) is 0.648. The van der Waals surface area contributed by atoms with Gasteiger partial charge in [0.2, 0.25) is 0 Å². The van der Waals surface area contributed by atoms with Crippen LogP contribution < -0.4 is 0 Å². The molecule has 3 aliphatic rings. The molecular weight excluding hydrogens is 565 g/mol. The summed E-state index contributed by atoms with van der Waals surface area (Å²) >= 11 is 0. The fraction of sp³-hybridized carbons (Fsp3) is 0.367. The number of hydrogen-bond acceptors (Lipinski definition) is 4. The highest BCUT2D eigenvalue weighted by atomic mass is 32.2. The van der Waals surface area contributed by atoms with Gasteiger partial charge in [0.1, 0.15) is 22.5 Å². The zero-order valence-corrected chi connectivity index (χ0v) is 24.1. The third kappa shape index (κ3) is 3.84. The van der Waals surface area contributed by atoms with Crippen molar-refractivity contribution in [1.29, 1.82) is 0 Å². The van der Waals surface area contributed by atoms with E-state index in [0.717, 1.165) is 10.3 Å². The quantitative estimate of drug-likeness (QED) is 0.316. The normalized spacial score (nSPS) is 23.3. The smallest absolute Gasteiger partial charge is 0.291 e. The van der Waals surface area contributed by atoms with Crippen molar-refractivity contribution in [3.05, 3.63) is 88.9 Å². The Morgan fingerprint density at radius 3 is 2.60 bits per heavy atom. The van der Waals surface area contributed by atoms with Gasteiger partial charge >= 0.3 is 6.05 Å². The number of rotatable bonds is 5. The maximum atomic E-state index is 16.3. The molecule has 3 unspecified atom stereocenters. The summed E-state index contributed by atoms with van der Waals surface area (Å²) in [6, 6.07) is 5.63. The fourth-order valence-electron chi connectivity index (χ4n) is 6.89. The first-order valence-electron chi connectivity index (χ1n) is 13.9. The first-order valence-corrected chi connectivity index (χ1v) is 15.0. The third-order valence-corrected chi connectivity index (χ3v) is 10.4. The Balaban J connectivity index is 1.39.